The van der Waals surface area contributed by atoms with E-state index in [0.717, 1.165) is 0 Å². The minimum Gasteiger partial charge on any atom is -0.383 e. The van der Waals surface area contributed by atoms with Crippen LogP contribution >= 0.6 is 0 Å². The van der Waals surface area contributed by atoms with Crippen molar-refractivity contribution in [2.45, 2.75) is 75.4 Å². The molecule has 0 aromatic carbocycles. The Hall–Kier alpha value is -2.63. The molecule has 0 radical (unpaired) electrons. The van der Waals surface area contributed by atoms with Crippen LogP contribution in [0.15, 0.2) is 0 Å². The van der Waals surface area contributed by atoms with Gasteiger partial charge in [-0.05, 0) is 37.5 Å². The van der Waals surface area contributed by atoms with Gasteiger partial charge in [-0.25, -0.2) is 0 Å². The number of hydrogen-bond donors (Lipinski definition) is 3. The zero-order chi connectivity index (χ0) is 30.3. The highest BCUT2D eigenvalue weighted by atomic mass is 19.4. The Morgan fingerprint density at radius 1 is 1.07 bits per heavy atom. The molecule has 0 bridgehead atoms. The van der Waals surface area contributed by atoms with Gasteiger partial charge in [0.25, 0.3) is 5.91 Å². The van der Waals surface area contributed by atoms with Gasteiger partial charge in [-0.15, -0.1) is 13.2 Å². The summed E-state index contributed by atoms with van der Waals surface area (Å²) >= 11 is 0. The van der Waals surface area contributed by atoms with Gasteiger partial charge in [0, 0.05) is 25.4 Å². The number of hydrogen-bond acceptors (Lipinski definition) is 6. The number of halogens is 9. The zero-order valence-corrected chi connectivity index (χ0v) is 20.6. The van der Waals surface area contributed by atoms with Crippen molar-refractivity contribution < 1.29 is 68.5 Å². The molecule has 3 fully saturated rings. The molecule has 18 heteroatoms. The van der Waals surface area contributed by atoms with Gasteiger partial charge in [-0.2, -0.15) is 26.3 Å². The molecule has 3 aliphatic rings. The molecule has 4 atom stereocenters. The van der Waals surface area contributed by atoms with Crippen LogP contribution in [0.1, 0.15) is 38.5 Å². The summed E-state index contributed by atoms with van der Waals surface area (Å²) in [4.78, 5) is 51.0. The maximum atomic E-state index is 13.1. The molecule has 2 saturated heterocycles. The van der Waals surface area contributed by atoms with Crippen LogP contribution in [0.4, 0.5) is 39.5 Å². The first-order valence-electron chi connectivity index (χ1n) is 12.2. The van der Waals surface area contributed by atoms with Gasteiger partial charge in [0.1, 0.15) is 18.8 Å². The summed E-state index contributed by atoms with van der Waals surface area (Å²) in [7, 11) is 0. The lowest BCUT2D eigenvalue weighted by Gasteiger charge is -2.30. The Morgan fingerprint density at radius 3 is 2.15 bits per heavy atom. The first kappa shape index (κ1) is 31.9. The van der Waals surface area contributed by atoms with Gasteiger partial charge in [-0.3, -0.25) is 23.9 Å². The number of aliphatic hydroxyl groups is 1. The highest BCUT2D eigenvalue weighted by Gasteiger charge is 2.59. The van der Waals surface area contributed by atoms with Crippen molar-refractivity contribution in [1.82, 2.24) is 15.5 Å². The quantitative estimate of drug-likeness (QED) is 0.330. The number of aliphatic hydroxyl groups excluding tert-OH is 1. The number of rotatable bonds is 10. The third-order valence-electron chi connectivity index (χ3n) is 7.35. The van der Waals surface area contributed by atoms with E-state index in [-0.39, 0.29) is 25.9 Å². The standard InChI is InChI=1S/C22H26F9N3O6/c23-20(24,25)15(21(26,27)28)6-13(35)18(39)34-9-19(2-3-19)7-12(34)17(38)33-11(5-10-1-4-32-16(10)37)14(36)8-40-22(29,30)31/h10-13,15,35H,1-9H2,(H,32,37)(H,33,38)/t10-,11-,12-,13?/m0/s1. The molecule has 1 saturated carbocycles. The lowest BCUT2D eigenvalue weighted by atomic mass is 9.95. The molecule has 0 aromatic heterocycles. The van der Waals surface area contributed by atoms with Gasteiger partial charge in [0.15, 0.2) is 11.7 Å². The van der Waals surface area contributed by atoms with Crippen molar-refractivity contribution in [3.63, 3.8) is 0 Å². The molecule has 40 heavy (non-hydrogen) atoms. The van der Waals surface area contributed by atoms with Crippen molar-refractivity contribution in [1.29, 1.82) is 0 Å². The Morgan fingerprint density at radius 2 is 1.68 bits per heavy atom. The van der Waals surface area contributed by atoms with Crippen LogP contribution in [0.2, 0.25) is 0 Å². The second-order valence-electron chi connectivity index (χ2n) is 10.3. The Kier molecular flexibility index (Phi) is 9.03. The van der Waals surface area contributed by atoms with Gasteiger partial charge in [0.2, 0.25) is 11.8 Å². The highest BCUT2D eigenvalue weighted by Crippen LogP contribution is 2.55. The second kappa shape index (κ2) is 11.3. The van der Waals surface area contributed by atoms with Crippen molar-refractivity contribution in [2.75, 3.05) is 19.7 Å². The molecule has 3 amide bonds. The Bertz CT molecular complexity index is 982. The number of ether oxygens (including phenoxy) is 1. The van der Waals surface area contributed by atoms with E-state index in [2.05, 4.69) is 15.4 Å². The Labute approximate surface area is 220 Å². The normalized spacial score (nSPS) is 24.3. The lowest BCUT2D eigenvalue weighted by Crippen LogP contribution is -2.54. The summed E-state index contributed by atoms with van der Waals surface area (Å²) in [5.74, 6) is -9.36. The smallest absolute Gasteiger partial charge is 0.383 e. The summed E-state index contributed by atoms with van der Waals surface area (Å²) in [5.41, 5.74) is -0.685. The minimum atomic E-state index is -5.82. The second-order valence-corrected chi connectivity index (χ2v) is 10.3. The van der Waals surface area contributed by atoms with Crippen LogP contribution in [-0.4, -0.2) is 90.1 Å². The molecule has 0 aromatic rings. The average Bonchev–Trinajstić information content (AvgIpc) is 3.27. The summed E-state index contributed by atoms with van der Waals surface area (Å²) in [5, 5.41) is 14.7. The van der Waals surface area contributed by atoms with Crippen molar-refractivity contribution in [2.24, 2.45) is 17.3 Å². The molecule has 3 rings (SSSR count). The fourth-order valence-corrected chi connectivity index (χ4v) is 4.98. The molecule has 3 N–H and O–H groups in total. The monoisotopic (exact) mass is 599 g/mol. The fourth-order valence-electron chi connectivity index (χ4n) is 4.98. The largest absolute Gasteiger partial charge is 0.522 e. The van der Waals surface area contributed by atoms with E-state index in [1.165, 1.54) is 0 Å². The number of nitrogens with one attached hydrogen (secondary N) is 2. The molecule has 2 aliphatic heterocycles. The van der Waals surface area contributed by atoms with E-state index in [1.807, 2.05) is 0 Å². The number of carbonyl (C=O) groups is 4. The van der Waals surface area contributed by atoms with E-state index in [1.54, 1.807) is 0 Å². The predicted molar refractivity (Wildman–Crippen MR) is 113 cm³/mol. The van der Waals surface area contributed by atoms with Crippen LogP contribution in [0, 0.1) is 17.3 Å². The van der Waals surface area contributed by atoms with E-state index in [0.29, 0.717) is 17.7 Å². The summed E-state index contributed by atoms with van der Waals surface area (Å²) in [6, 6.07) is -3.24. The van der Waals surface area contributed by atoms with Crippen LogP contribution in [0.3, 0.4) is 0 Å². The number of carbonyl (C=O) groups excluding carboxylic acids is 4. The minimum absolute atomic E-state index is 0.108. The molecule has 2 heterocycles. The van der Waals surface area contributed by atoms with E-state index in [4.69, 9.17) is 0 Å². The van der Waals surface area contributed by atoms with Gasteiger partial charge in [-0.1, -0.05) is 0 Å². The number of ketones is 1. The van der Waals surface area contributed by atoms with E-state index >= 15 is 0 Å². The van der Waals surface area contributed by atoms with Gasteiger partial charge >= 0.3 is 18.7 Å². The number of nitrogens with zero attached hydrogens (tertiary/aromatic N) is 1. The van der Waals surface area contributed by atoms with Crippen molar-refractivity contribution in [3.05, 3.63) is 0 Å². The first-order chi connectivity index (χ1) is 18.2. The van der Waals surface area contributed by atoms with Crippen LogP contribution in [0.25, 0.3) is 0 Å². The topological polar surface area (TPSA) is 125 Å². The number of Topliss-reactive ketones (excluding diaryl/α,β-unsaturated/α-hetero) is 1. The summed E-state index contributed by atoms with van der Waals surface area (Å²) in [6.07, 6.45) is -21.1. The molecule has 228 valence electrons. The van der Waals surface area contributed by atoms with Crippen molar-refractivity contribution in [3.8, 4) is 0 Å². The average molecular weight is 599 g/mol. The summed E-state index contributed by atoms with van der Waals surface area (Å²) in [6.45, 7) is -1.58. The molecule has 9 nitrogen and oxygen atoms in total. The Balaban J connectivity index is 1.77. The molecule has 1 aliphatic carbocycles. The molecular weight excluding hydrogens is 573 g/mol. The number of alkyl halides is 9. The third-order valence-corrected chi connectivity index (χ3v) is 7.35. The first-order valence-corrected chi connectivity index (χ1v) is 12.2. The third kappa shape index (κ3) is 7.98. The van der Waals surface area contributed by atoms with Crippen LogP contribution in [0.5, 0.6) is 0 Å². The number of amides is 3. The van der Waals surface area contributed by atoms with E-state index < -0.39 is 97.1 Å². The maximum Gasteiger partial charge on any atom is 0.522 e. The van der Waals surface area contributed by atoms with E-state index in [9.17, 15) is 63.8 Å². The van der Waals surface area contributed by atoms with Gasteiger partial charge < -0.3 is 20.6 Å². The maximum absolute atomic E-state index is 13.1. The number of likely N-dealkylation sites (tertiary alicyclic amines) is 1. The molecule has 1 spiro atoms. The predicted octanol–water partition coefficient (Wildman–Crippen LogP) is 1.98. The summed E-state index contributed by atoms with van der Waals surface area (Å²) < 4.78 is 119. The van der Waals surface area contributed by atoms with Crippen molar-refractivity contribution >= 4 is 23.5 Å². The molecular formula is C22H26F9N3O6. The highest BCUT2D eigenvalue weighted by molar-refractivity contribution is 5.95. The van der Waals surface area contributed by atoms with Gasteiger partial charge in [0.05, 0.1) is 6.04 Å². The van der Waals surface area contributed by atoms with Crippen LogP contribution < -0.4 is 10.6 Å². The SMILES string of the molecule is O=C1NCC[C@H]1C[C@H](NC(=O)[C@@H]1CC2(CC2)CN1C(=O)C(O)CC(C(F)(F)F)C(F)(F)F)C(=O)COC(F)(F)F. The molecule has 1 unspecified atom stereocenters. The fraction of sp³-hybridized carbons (Fsp3) is 0.818. The lowest BCUT2D eigenvalue weighted by molar-refractivity contribution is -0.321. The van der Waals surface area contributed by atoms with Crippen LogP contribution in [-0.2, 0) is 23.9 Å². The zero-order valence-electron chi connectivity index (χ0n) is 20.6.